The van der Waals surface area contributed by atoms with E-state index in [0.29, 0.717) is 5.56 Å². The van der Waals surface area contributed by atoms with E-state index < -0.39 is 11.9 Å². The molecule has 6 heteroatoms. The van der Waals surface area contributed by atoms with Crippen LogP contribution in [0.25, 0.3) is 0 Å². The van der Waals surface area contributed by atoms with Crippen molar-refractivity contribution >= 4 is 23.5 Å². The molecule has 21 heavy (non-hydrogen) atoms. The first kappa shape index (κ1) is 14.9. The van der Waals surface area contributed by atoms with Gasteiger partial charge < -0.3 is 24.5 Å². The normalized spacial score (nSPS) is 10.1. The third kappa shape index (κ3) is 3.73. The van der Waals surface area contributed by atoms with E-state index in [1.807, 2.05) is 0 Å². The molecule has 0 saturated carbocycles. The molecule has 0 heterocycles. The average Bonchev–Trinajstić information content (AvgIpc) is 2.46. The molecule has 2 rings (SSSR count). The second-order valence-corrected chi connectivity index (χ2v) is 4.64. The first-order chi connectivity index (χ1) is 9.97. The molecule has 0 bridgehead atoms. The van der Waals surface area contributed by atoms with Crippen molar-refractivity contribution in [1.82, 2.24) is 0 Å². The lowest BCUT2D eigenvalue weighted by Gasteiger charge is -2.13. The summed E-state index contributed by atoms with van der Waals surface area (Å²) in [5, 5.41) is 21.9. The zero-order chi connectivity index (χ0) is 15.4. The summed E-state index contributed by atoms with van der Waals surface area (Å²) in [5.74, 6) is -2.53. The molecule has 108 valence electrons. The Morgan fingerprint density at radius 3 is 2.24 bits per heavy atom. The van der Waals surface area contributed by atoms with Crippen LogP contribution in [0.1, 0.15) is 26.3 Å². The zero-order valence-electron chi connectivity index (χ0n) is 10.7. The van der Waals surface area contributed by atoms with Crippen LogP contribution in [0.2, 0.25) is 5.02 Å². The fourth-order valence-corrected chi connectivity index (χ4v) is 1.86. The van der Waals surface area contributed by atoms with E-state index in [1.165, 1.54) is 30.3 Å². The quantitative estimate of drug-likeness (QED) is 0.809. The molecule has 0 amide bonds. The largest absolute Gasteiger partial charge is 0.545 e. The Bertz CT molecular complexity index is 679. The minimum atomic E-state index is -1.39. The lowest BCUT2D eigenvalue weighted by atomic mass is 10.1. The number of carbonyl (C=O) groups excluding carboxylic acids is 2. The topological polar surface area (TPSA) is 89.5 Å². The molecule has 0 aliphatic rings. The predicted molar refractivity (Wildman–Crippen MR) is 70.9 cm³/mol. The van der Waals surface area contributed by atoms with Gasteiger partial charge in [0.1, 0.15) is 12.4 Å². The van der Waals surface area contributed by atoms with Crippen LogP contribution in [-0.2, 0) is 6.61 Å². The molecular formula is C15H9ClO5-2. The summed E-state index contributed by atoms with van der Waals surface area (Å²) in [6.07, 6.45) is 0. The first-order valence-corrected chi connectivity index (χ1v) is 6.29. The monoisotopic (exact) mass is 304 g/mol. The third-order valence-corrected chi connectivity index (χ3v) is 2.98. The van der Waals surface area contributed by atoms with Crippen molar-refractivity contribution in [2.45, 2.75) is 6.61 Å². The summed E-state index contributed by atoms with van der Waals surface area (Å²) in [4.78, 5) is 21.6. The van der Waals surface area contributed by atoms with E-state index in [-0.39, 0.29) is 28.5 Å². The van der Waals surface area contributed by atoms with Gasteiger partial charge in [-0.2, -0.15) is 0 Å². The molecule has 0 radical (unpaired) electrons. The van der Waals surface area contributed by atoms with Gasteiger partial charge in [0.15, 0.2) is 0 Å². The van der Waals surface area contributed by atoms with Crippen LogP contribution >= 0.6 is 11.6 Å². The van der Waals surface area contributed by atoms with Crippen LogP contribution in [0.4, 0.5) is 0 Å². The maximum absolute atomic E-state index is 11.0. The van der Waals surface area contributed by atoms with Gasteiger partial charge in [-0.3, -0.25) is 0 Å². The molecule has 0 aliphatic heterocycles. The number of halogens is 1. The summed E-state index contributed by atoms with van der Waals surface area (Å²) in [6.45, 7) is 0.0786. The van der Waals surface area contributed by atoms with Gasteiger partial charge in [0.2, 0.25) is 0 Å². The highest BCUT2D eigenvalue weighted by atomic mass is 35.5. The van der Waals surface area contributed by atoms with Crippen LogP contribution in [-0.4, -0.2) is 11.9 Å². The van der Waals surface area contributed by atoms with E-state index in [2.05, 4.69) is 0 Å². The molecule has 0 N–H and O–H groups in total. The number of carbonyl (C=O) groups is 2. The molecule has 0 unspecified atom stereocenters. The van der Waals surface area contributed by atoms with Crippen molar-refractivity contribution < 1.29 is 24.5 Å². The fourth-order valence-electron chi connectivity index (χ4n) is 1.69. The second-order valence-electron chi connectivity index (χ2n) is 4.20. The molecule has 0 aliphatic carbocycles. The molecule has 0 saturated heterocycles. The zero-order valence-corrected chi connectivity index (χ0v) is 11.4. The Balaban J connectivity index is 2.13. The summed E-state index contributed by atoms with van der Waals surface area (Å²) in [7, 11) is 0. The van der Waals surface area contributed by atoms with Crippen LogP contribution in [0.15, 0.2) is 42.5 Å². The van der Waals surface area contributed by atoms with Gasteiger partial charge in [0, 0.05) is 10.6 Å². The average molecular weight is 305 g/mol. The van der Waals surface area contributed by atoms with Crippen LogP contribution in [0.5, 0.6) is 5.75 Å². The maximum atomic E-state index is 11.0. The van der Waals surface area contributed by atoms with E-state index in [1.54, 1.807) is 12.1 Å². The Morgan fingerprint density at radius 1 is 1.00 bits per heavy atom. The van der Waals surface area contributed by atoms with Crippen molar-refractivity contribution in [1.29, 1.82) is 0 Å². The highest BCUT2D eigenvalue weighted by Gasteiger charge is 2.06. The molecule has 2 aromatic rings. The minimum absolute atomic E-state index is 0.0562. The van der Waals surface area contributed by atoms with Gasteiger partial charge in [-0.25, -0.2) is 0 Å². The van der Waals surface area contributed by atoms with Gasteiger partial charge in [-0.15, -0.1) is 0 Å². The minimum Gasteiger partial charge on any atom is -0.545 e. The highest BCUT2D eigenvalue weighted by Crippen LogP contribution is 2.23. The summed E-state index contributed by atoms with van der Waals surface area (Å²) in [5.41, 5.74) is 0.591. The van der Waals surface area contributed by atoms with Crippen LogP contribution in [0, 0.1) is 0 Å². The second kappa shape index (κ2) is 6.28. The SMILES string of the molecule is O=C([O-])c1ccc(COc2ccc(Cl)cc2C(=O)[O-])cc1. The van der Waals surface area contributed by atoms with Crippen LogP contribution < -0.4 is 14.9 Å². The number of benzene rings is 2. The van der Waals surface area contributed by atoms with Crippen molar-refractivity contribution in [2.75, 3.05) is 0 Å². The van der Waals surface area contributed by atoms with Gasteiger partial charge in [0.25, 0.3) is 0 Å². The van der Waals surface area contributed by atoms with E-state index in [0.717, 1.165) is 0 Å². The smallest absolute Gasteiger partial charge is 0.128 e. The summed E-state index contributed by atoms with van der Waals surface area (Å²) >= 11 is 5.72. The first-order valence-electron chi connectivity index (χ1n) is 5.91. The third-order valence-electron chi connectivity index (χ3n) is 2.75. The number of carboxylic acids is 2. The van der Waals surface area contributed by atoms with Crippen LogP contribution in [0.3, 0.4) is 0 Å². The Kier molecular flexibility index (Phi) is 4.45. The molecule has 0 fully saturated rings. The number of carboxylic acid groups (broad SMARTS) is 2. The maximum Gasteiger partial charge on any atom is 0.128 e. The lowest BCUT2D eigenvalue weighted by Crippen LogP contribution is -2.23. The van der Waals surface area contributed by atoms with Gasteiger partial charge in [-0.1, -0.05) is 35.9 Å². The molecule has 0 atom stereocenters. The van der Waals surface area contributed by atoms with Gasteiger partial charge >= 0.3 is 0 Å². The standard InChI is InChI=1S/C15H11ClO5/c16-11-5-6-13(12(7-11)15(19)20)21-8-9-1-3-10(4-2-9)14(17)18/h1-7H,8H2,(H,17,18)(H,19,20)/p-2. The number of hydrogen-bond acceptors (Lipinski definition) is 5. The van der Waals surface area contributed by atoms with Gasteiger partial charge in [0.05, 0.1) is 11.9 Å². The van der Waals surface area contributed by atoms with E-state index in [9.17, 15) is 19.8 Å². The summed E-state index contributed by atoms with van der Waals surface area (Å²) in [6, 6.07) is 10.1. The number of aromatic carboxylic acids is 2. The Hall–Kier alpha value is -2.53. The molecule has 2 aromatic carbocycles. The number of ether oxygens (including phenoxy) is 1. The fraction of sp³-hybridized carbons (Fsp3) is 0.0667. The van der Waals surface area contributed by atoms with Crippen molar-refractivity contribution in [3.63, 3.8) is 0 Å². The highest BCUT2D eigenvalue weighted by molar-refractivity contribution is 6.31. The van der Waals surface area contributed by atoms with Crippen molar-refractivity contribution in [2.24, 2.45) is 0 Å². The summed E-state index contributed by atoms with van der Waals surface area (Å²) < 4.78 is 5.40. The number of rotatable bonds is 5. The van der Waals surface area contributed by atoms with Crippen molar-refractivity contribution in [3.05, 3.63) is 64.2 Å². The van der Waals surface area contributed by atoms with E-state index in [4.69, 9.17) is 16.3 Å². The predicted octanol–water partition coefficient (Wildman–Crippen LogP) is 0.646. The molecular weight excluding hydrogens is 296 g/mol. The Labute approximate surface area is 125 Å². The number of hydrogen-bond donors (Lipinski definition) is 0. The van der Waals surface area contributed by atoms with Crippen molar-refractivity contribution in [3.8, 4) is 5.75 Å². The lowest BCUT2D eigenvalue weighted by molar-refractivity contribution is -0.256. The molecule has 5 nitrogen and oxygen atoms in total. The van der Waals surface area contributed by atoms with Gasteiger partial charge in [-0.05, 0) is 29.3 Å². The Morgan fingerprint density at radius 2 is 1.67 bits per heavy atom. The molecule has 0 spiro atoms. The molecule has 0 aromatic heterocycles. The van der Waals surface area contributed by atoms with E-state index >= 15 is 0 Å².